The molecule has 0 unspecified atom stereocenters. The molecule has 0 spiro atoms. The summed E-state index contributed by atoms with van der Waals surface area (Å²) in [4.78, 5) is 11.9. The van der Waals surface area contributed by atoms with E-state index in [0.717, 1.165) is 12.0 Å². The molecular formula is C19H30FNO4. The van der Waals surface area contributed by atoms with Gasteiger partial charge in [0.2, 0.25) is 0 Å². The van der Waals surface area contributed by atoms with Crippen LogP contribution in [0.3, 0.4) is 0 Å². The van der Waals surface area contributed by atoms with E-state index in [2.05, 4.69) is 5.32 Å². The second-order valence-electron chi connectivity index (χ2n) is 7.15. The number of amides is 1. The van der Waals surface area contributed by atoms with Crippen molar-refractivity contribution in [3.63, 3.8) is 0 Å². The van der Waals surface area contributed by atoms with Crippen LogP contribution in [0.25, 0.3) is 0 Å². The van der Waals surface area contributed by atoms with Crippen molar-refractivity contribution < 1.29 is 23.8 Å². The number of aliphatic hydroxyl groups excluding tert-OH is 1. The molecule has 0 bridgehead atoms. The third kappa shape index (κ3) is 8.20. The van der Waals surface area contributed by atoms with Gasteiger partial charge in [-0.05, 0) is 58.6 Å². The number of carbonyl (C=O) groups excluding carboxylic acids is 1. The lowest BCUT2D eigenvalue weighted by molar-refractivity contribution is 0.0500. The zero-order chi connectivity index (χ0) is 19.0. The molecule has 25 heavy (non-hydrogen) atoms. The Morgan fingerprint density at radius 3 is 2.60 bits per heavy atom. The summed E-state index contributed by atoms with van der Waals surface area (Å²) in [7, 11) is 0. The lowest BCUT2D eigenvalue weighted by atomic mass is 10.0. The van der Waals surface area contributed by atoms with Crippen molar-refractivity contribution in [2.45, 2.75) is 71.6 Å². The summed E-state index contributed by atoms with van der Waals surface area (Å²) >= 11 is 0. The lowest BCUT2D eigenvalue weighted by Gasteiger charge is -2.23. The van der Waals surface area contributed by atoms with Crippen molar-refractivity contribution in [3.05, 3.63) is 29.6 Å². The fourth-order valence-corrected chi connectivity index (χ4v) is 2.28. The molecule has 142 valence electrons. The Bertz CT molecular complexity index is 557. The van der Waals surface area contributed by atoms with E-state index in [1.54, 1.807) is 13.0 Å². The summed E-state index contributed by atoms with van der Waals surface area (Å²) in [6, 6.07) is 4.33. The van der Waals surface area contributed by atoms with Gasteiger partial charge in [-0.1, -0.05) is 13.0 Å². The fourth-order valence-electron chi connectivity index (χ4n) is 2.28. The SMILES string of the molecule is CC[C@@H](CCc1ccc(F)cc1O[C@@H](C)CO)NC(=O)OC(C)(C)C. The maximum Gasteiger partial charge on any atom is 0.407 e. The van der Waals surface area contributed by atoms with E-state index < -0.39 is 17.8 Å². The molecule has 0 saturated heterocycles. The first-order chi connectivity index (χ1) is 11.6. The largest absolute Gasteiger partial charge is 0.488 e. The van der Waals surface area contributed by atoms with Crippen LogP contribution in [0.1, 0.15) is 53.0 Å². The molecule has 1 amide bonds. The van der Waals surface area contributed by atoms with E-state index in [1.165, 1.54) is 12.1 Å². The third-order valence-corrected chi connectivity index (χ3v) is 3.59. The molecule has 0 fully saturated rings. The van der Waals surface area contributed by atoms with Crippen LogP contribution in [0.5, 0.6) is 5.75 Å². The maximum absolute atomic E-state index is 13.5. The monoisotopic (exact) mass is 355 g/mol. The van der Waals surface area contributed by atoms with Crippen molar-refractivity contribution in [3.8, 4) is 5.75 Å². The second-order valence-corrected chi connectivity index (χ2v) is 7.15. The van der Waals surface area contributed by atoms with E-state index in [1.807, 2.05) is 27.7 Å². The van der Waals surface area contributed by atoms with Crippen LogP contribution in [0.4, 0.5) is 9.18 Å². The number of hydrogen-bond acceptors (Lipinski definition) is 4. The van der Waals surface area contributed by atoms with Gasteiger partial charge in [-0.15, -0.1) is 0 Å². The molecule has 0 heterocycles. The number of rotatable bonds is 8. The van der Waals surface area contributed by atoms with E-state index >= 15 is 0 Å². The highest BCUT2D eigenvalue weighted by Gasteiger charge is 2.19. The van der Waals surface area contributed by atoms with Gasteiger partial charge in [0.05, 0.1) is 6.61 Å². The first kappa shape index (κ1) is 21.2. The van der Waals surface area contributed by atoms with Crippen LogP contribution in [0.15, 0.2) is 18.2 Å². The predicted octanol–water partition coefficient (Wildman–Crippen LogP) is 3.82. The van der Waals surface area contributed by atoms with Crippen LogP contribution < -0.4 is 10.1 Å². The van der Waals surface area contributed by atoms with Crippen molar-refractivity contribution >= 4 is 6.09 Å². The van der Waals surface area contributed by atoms with E-state index in [9.17, 15) is 9.18 Å². The molecule has 0 saturated carbocycles. The van der Waals surface area contributed by atoms with Gasteiger partial charge in [0.25, 0.3) is 0 Å². The average Bonchev–Trinajstić information content (AvgIpc) is 2.50. The van der Waals surface area contributed by atoms with Crippen molar-refractivity contribution in [2.24, 2.45) is 0 Å². The Morgan fingerprint density at radius 2 is 2.04 bits per heavy atom. The van der Waals surface area contributed by atoms with Gasteiger partial charge < -0.3 is 19.9 Å². The molecule has 5 nitrogen and oxygen atoms in total. The zero-order valence-corrected chi connectivity index (χ0v) is 15.8. The summed E-state index contributed by atoms with van der Waals surface area (Å²) in [6.07, 6.45) is 1.18. The van der Waals surface area contributed by atoms with Crippen LogP contribution in [0.2, 0.25) is 0 Å². The van der Waals surface area contributed by atoms with E-state index in [4.69, 9.17) is 14.6 Å². The fraction of sp³-hybridized carbons (Fsp3) is 0.632. The normalized spacial score (nSPS) is 13.9. The van der Waals surface area contributed by atoms with Gasteiger partial charge in [0, 0.05) is 12.1 Å². The summed E-state index contributed by atoms with van der Waals surface area (Å²) in [5.74, 6) is 0.0384. The van der Waals surface area contributed by atoms with Gasteiger partial charge >= 0.3 is 6.09 Å². The number of hydrogen-bond donors (Lipinski definition) is 2. The summed E-state index contributed by atoms with van der Waals surface area (Å²) in [5.41, 5.74) is 0.298. The second kappa shape index (κ2) is 9.61. The van der Waals surface area contributed by atoms with Crippen LogP contribution in [-0.2, 0) is 11.2 Å². The Kier molecular flexibility index (Phi) is 8.16. The minimum atomic E-state index is -0.541. The number of nitrogens with one attached hydrogen (secondary N) is 1. The molecular weight excluding hydrogens is 325 g/mol. The number of aryl methyl sites for hydroxylation is 1. The number of alkyl carbamates (subject to hydrolysis) is 1. The Hall–Kier alpha value is -1.82. The third-order valence-electron chi connectivity index (χ3n) is 3.59. The highest BCUT2D eigenvalue weighted by Crippen LogP contribution is 2.23. The van der Waals surface area contributed by atoms with Crippen LogP contribution >= 0.6 is 0 Å². The highest BCUT2D eigenvalue weighted by atomic mass is 19.1. The molecule has 6 heteroatoms. The molecule has 0 radical (unpaired) electrons. The summed E-state index contributed by atoms with van der Waals surface area (Å²) in [6.45, 7) is 9.01. The van der Waals surface area contributed by atoms with Gasteiger partial charge in [-0.2, -0.15) is 0 Å². The Labute approximate surface area is 149 Å². The molecule has 0 aliphatic heterocycles. The molecule has 1 aromatic rings. The van der Waals surface area contributed by atoms with Gasteiger partial charge in [0.15, 0.2) is 0 Å². The predicted molar refractivity (Wildman–Crippen MR) is 95.3 cm³/mol. The molecule has 0 aliphatic rings. The standard InChI is InChI=1S/C19H30FNO4/c1-6-16(21-18(23)25-19(3,4)5)10-8-14-7-9-15(20)11-17(14)24-13(2)12-22/h7,9,11,13,16,22H,6,8,10,12H2,1-5H3,(H,21,23)/t13-,16-/m0/s1. The van der Waals surface area contributed by atoms with Gasteiger partial charge in [-0.3, -0.25) is 0 Å². The molecule has 2 atom stereocenters. The van der Waals surface area contributed by atoms with Crippen molar-refractivity contribution in [1.29, 1.82) is 0 Å². The first-order valence-corrected chi connectivity index (χ1v) is 8.70. The molecule has 2 N–H and O–H groups in total. The Morgan fingerprint density at radius 1 is 1.36 bits per heavy atom. The lowest BCUT2D eigenvalue weighted by Crippen LogP contribution is -2.39. The van der Waals surface area contributed by atoms with Gasteiger partial charge in [0.1, 0.15) is 23.3 Å². The smallest absolute Gasteiger partial charge is 0.407 e. The maximum atomic E-state index is 13.5. The number of ether oxygens (including phenoxy) is 2. The number of carbonyl (C=O) groups is 1. The average molecular weight is 355 g/mol. The molecule has 0 aliphatic carbocycles. The van der Waals surface area contributed by atoms with E-state index in [-0.39, 0.29) is 18.5 Å². The molecule has 1 rings (SSSR count). The highest BCUT2D eigenvalue weighted by molar-refractivity contribution is 5.68. The number of halogens is 1. The molecule has 0 aromatic heterocycles. The van der Waals surface area contributed by atoms with Crippen LogP contribution in [0, 0.1) is 5.82 Å². The minimum Gasteiger partial charge on any atom is -0.488 e. The minimum absolute atomic E-state index is 0.0528. The number of benzene rings is 1. The van der Waals surface area contributed by atoms with Crippen molar-refractivity contribution in [2.75, 3.05) is 6.61 Å². The van der Waals surface area contributed by atoms with Gasteiger partial charge in [-0.25, -0.2) is 9.18 Å². The topological polar surface area (TPSA) is 67.8 Å². The number of aliphatic hydroxyl groups is 1. The van der Waals surface area contributed by atoms with Crippen LogP contribution in [-0.4, -0.2) is 35.6 Å². The quantitative estimate of drug-likeness (QED) is 0.744. The first-order valence-electron chi connectivity index (χ1n) is 8.70. The van der Waals surface area contributed by atoms with Crippen molar-refractivity contribution in [1.82, 2.24) is 5.32 Å². The van der Waals surface area contributed by atoms with E-state index in [0.29, 0.717) is 18.6 Å². The zero-order valence-electron chi connectivity index (χ0n) is 15.8. The molecule has 1 aromatic carbocycles. The summed E-state index contributed by atoms with van der Waals surface area (Å²) in [5, 5.41) is 12.0. The summed E-state index contributed by atoms with van der Waals surface area (Å²) < 4.78 is 24.3. The Balaban J connectivity index is 2.69.